The van der Waals surface area contributed by atoms with Crippen LogP contribution in [0.25, 0.3) is 0 Å². The maximum atomic E-state index is 12.9. The van der Waals surface area contributed by atoms with Crippen LogP contribution >= 0.6 is 0 Å². The lowest BCUT2D eigenvalue weighted by molar-refractivity contribution is -0.142. The number of hydrogen-bond acceptors (Lipinski definition) is 3. The van der Waals surface area contributed by atoms with E-state index in [1.54, 1.807) is 6.92 Å². The van der Waals surface area contributed by atoms with Gasteiger partial charge in [-0.3, -0.25) is 4.79 Å². The van der Waals surface area contributed by atoms with Crippen LogP contribution in [0.1, 0.15) is 32.6 Å². The standard InChI is InChI=1S/C11H19F2NO2/c1-8(10(15)16-2)14-7-9-3-5-11(12,13)6-4-9/h8-9,14H,3-7H2,1-2H3. The molecule has 0 aliphatic heterocycles. The molecule has 0 bridgehead atoms. The van der Waals surface area contributed by atoms with Gasteiger partial charge in [-0.1, -0.05) is 0 Å². The Labute approximate surface area is 94.5 Å². The van der Waals surface area contributed by atoms with Crippen molar-refractivity contribution in [3.63, 3.8) is 0 Å². The number of nitrogens with one attached hydrogen (secondary N) is 1. The van der Waals surface area contributed by atoms with Crippen molar-refractivity contribution in [2.24, 2.45) is 5.92 Å². The fourth-order valence-corrected chi connectivity index (χ4v) is 1.91. The van der Waals surface area contributed by atoms with Crippen molar-refractivity contribution in [3.05, 3.63) is 0 Å². The fraction of sp³-hybridized carbons (Fsp3) is 0.909. The third kappa shape index (κ3) is 4.04. The number of hydrogen-bond donors (Lipinski definition) is 1. The Balaban J connectivity index is 2.22. The van der Waals surface area contributed by atoms with Crippen molar-refractivity contribution >= 4 is 5.97 Å². The maximum Gasteiger partial charge on any atom is 0.322 e. The molecule has 94 valence electrons. The molecule has 0 heterocycles. The van der Waals surface area contributed by atoms with E-state index < -0.39 is 5.92 Å². The number of methoxy groups -OCH3 is 1. The van der Waals surface area contributed by atoms with Crippen molar-refractivity contribution in [2.75, 3.05) is 13.7 Å². The van der Waals surface area contributed by atoms with Crippen molar-refractivity contribution in [1.29, 1.82) is 0 Å². The highest BCUT2D eigenvalue weighted by molar-refractivity contribution is 5.75. The molecule has 1 aliphatic carbocycles. The molecule has 1 unspecified atom stereocenters. The van der Waals surface area contributed by atoms with E-state index in [-0.39, 0.29) is 30.8 Å². The third-order valence-electron chi connectivity index (χ3n) is 3.10. The Morgan fingerprint density at radius 3 is 2.56 bits per heavy atom. The predicted octanol–water partition coefficient (Wildman–Crippen LogP) is 1.96. The average molecular weight is 235 g/mol. The van der Waals surface area contributed by atoms with Crippen LogP contribution in [0.15, 0.2) is 0 Å². The zero-order chi connectivity index (χ0) is 12.2. The van der Waals surface area contributed by atoms with E-state index in [9.17, 15) is 13.6 Å². The van der Waals surface area contributed by atoms with Crippen LogP contribution in [0, 0.1) is 5.92 Å². The largest absolute Gasteiger partial charge is 0.468 e. The average Bonchev–Trinajstić information content (AvgIpc) is 2.26. The van der Waals surface area contributed by atoms with Gasteiger partial charge in [-0.15, -0.1) is 0 Å². The minimum atomic E-state index is -2.48. The van der Waals surface area contributed by atoms with Crippen LogP contribution in [-0.2, 0) is 9.53 Å². The number of halogens is 2. The molecule has 5 heteroatoms. The van der Waals surface area contributed by atoms with Gasteiger partial charge in [0.05, 0.1) is 7.11 Å². The molecule has 16 heavy (non-hydrogen) atoms. The Morgan fingerprint density at radius 1 is 1.50 bits per heavy atom. The van der Waals surface area contributed by atoms with Crippen LogP contribution < -0.4 is 5.32 Å². The van der Waals surface area contributed by atoms with Crippen molar-refractivity contribution in [3.8, 4) is 0 Å². The summed E-state index contributed by atoms with van der Waals surface area (Å²) < 4.78 is 30.3. The quantitative estimate of drug-likeness (QED) is 0.757. The third-order valence-corrected chi connectivity index (χ3v) is 3.10. The molecule has 0 saturated heterocycles. The topological polar surface area (TPSA) is 38.3 Å². The van der Waals surface area contributed by atoms with E-state index >= 15 is 0 Å². The molecule has 1 saturated carbocycles. The molecular weight excluding hydrogens is 216 g/mol. The molecule has 1 rings (SSSR count). The van der Waals surface area contributed by atoms with Crippen molar-refractivity contribution in [1.82, 2.24) is 5.32 Å². The van der Waals surface area contributed by atoms with E-state index in [0.29, 0.717) is 19.4 Å². The molecule has 0 radical (unpaired) electrons. The predicted molar refractivity (Wildman–Crippen MR) is 56.4 cm³/mol. The van der Waals surface area contributed by atoms with Gasteiger partial charge >= 0.3 is 5.97 Å². The highest BCUT2D eigenvalue weighted by Gasteiger charge is 2.34. The van der Waals surface area contributed by atoms with Gasteiger partial charge in [-0.2, -0.15) is 0 Å². The first kappa shape index (κ1) is 13.4. The van der Waals surface area contributed by atoms with Crippen molar-refractivity contribution in [2.45, 2.75) is 44.6 Å². The van der Waals surface area contributed by atoms with E-state index in [1.807, 2.05) is 0 Å². The van der Waals surface area contributed by atoms with Gasteiger partial charge in [0.1, 0.15) is 6.04 Å². The van der Waals surface area contributed by atoms with E-state index in [1.165, 1.54) is 7.11 Å². The molecule has 1 N–H and O–H groups in total. The summed E-state index contributed by atoms with van der Waals surface area (Å²) >= 11 is 0. The lowest BCUT2D eigenvalue weighted by Crippen LogP contribution is -2.39. The first-order valence-electron chi connectivity index (χ1n) is 5.63. The molecule has 0 amide bonds. The smallest absolute Gasteiger partial charge is 0.322 e. The van der Waals surface area contributed by atoms with Gasteiger partial charge in [-0.25, -0.2) is 8.78 Å². The Morgan fingerprint density at radius 2 is 2.06 bits per heavy atom. The normalized spacial score (nSPS) is 22.8. The van der Waals surface area contributed by atoms with E-state index in [0.717, 1.165) is 0 Å². The summed E-state index contributed by atoms with van der Waals surface area (Å²) in [5, 5.41) is 3.01. The first-order chi connectivity index (χ1) is 7.44. The van der Waals surface area contributed by atoms with Crippen LogP contribution in [0.4, 0.5) is 8.78 Å². The molecule has 1 aliphatic rings. The SMILES string of the molecule is COC(=O)C(C)NCC1CCC(F)(F)CC1. The molecule has 3 nitrogen and oxygen atoms in total. The summed E-state index contributed by atoms with van der Waals surface area (Å²) in [6, 6.07) is -0.368. The zero-order valence-electron chi connectivity index (χ0n) is 9.76. The van der Waals surface area contributed by atoms with Crippen LogP contribution in [0.3, 0.4) is 0 Å². The Kier molecular flexibility index (Phi) is 4.65. The van der Waals surface area contributed by atoms with Gasteiger partial charge < -0.3 is 10.1 Å². The Hall–Kier alpha value is -0.710. The van der Waals surface area contributed by atoms with Gasteiger partial charge in [0.25, 0.3) is 0 Å². The molecule has 0 aromatic rings. The molecular formula is C11H19F2NO2. The molecule has 1 atom stereocenters. The zero-order valence-corrected chi connectivity index (χ0v) is 9.76. The number of alkyl halides is 2. The number of rotatable bonds is 4. The molecule has 0 spiro atoms. The lowest BCUT2D eigenvalue weighted by atomic mass is 9.86. The van der Waals surface area contributed by atoms with Gasteiger partial charge in [0.15, 0.2) is 0 Å². The van der Waals surface area contributed by atoms with Gasteiger partial charge in [0.2, 0.25) is 5.92 Å². The highest BCUT2D eigenvalue weighted by atomic mass is 19.3. The number of ether oxygens (including phenoxy) is 1. The highest BCUT2D eigenvalue weighted by Crippen LogP contribution is 2.35. The minimum absolute atomic E-state index is 0.0358. The Bertz CT molecular complexity index is 236. The van der Waals surface area contributed by atoms with Crippen LogP contribution in [-0.4, -0.2) is 31.6 Å². The molecule has 1 fully saturated rings. The summed E-state index contributed by atoms with van der Waals surface area (Å²) in [6.45, 7) is 2.32. The number of carbonyl (C=O) groups is 1. The lowest BCUT2D eigenvalue weighted by Gasteiger charge is -2.28. The molecule has 0 aromatic carbocycles. The number of carbonyl (C=O) groups excluding carboxylic acids is 1. The van der Waals surface area contributed by atoms with E-state index in [4.69, 9.17) is 0 Å². The maximum absolute atomic E-state index is 12.9. The number of esters is 1. The fourth-order valence-electron chi connectivity index (χ4n) is 1.91. The second kappa shape index (κ2) is 5.57. The summed E-state index contributed by atoms with van der Waals surface area (Å²) in [6.07, 6.45) is 0.972. The summed E-state index contributed by atoms with van der Waals surface area (Å²) in [7, 11) is 1.33. The van der Waals surface area contributed by atoms with Gasteiger partial charge in [-0.05, 0) is 32.2 Å². The molecule has 0 aromatic heterocycles. The van der Waals surface area contributed by atoms with Crippen molar-refractivity contribution < 1.29 is 18.3 Å². The summed E-state index contributed by atoms with van der Waals surface area (Å²) in [5.74, 6) is -2.56. The van der Waals surface area contributed by atoms with E-state index in [2.05, 4.69) is 10.1 Å². The minimum Gasteiger partial charge on any atom is -0.468 e. The second-order valence-electron chi connectivity index (χ2n) is 4.45. The summed E-state index contributed by atoms with van der Waals surface area (Å²) in [5.41, 5.74) is 0. The van der Waals surface area contributed by atoms with Gasteiger partial charge in [0, 0.05) is 12.8 Å². The first-order valence-corrected chi connectivity index (χ1v) is 5.63. The van der Waals surface area contributed by atoms with Crippen LogP contribution in [0.2, 0.25) is 0 Å². The monoisotopic (exact) mass is 235 g/mol. The van der Waals surface area contributed by atoms with Crippen LogP contribution in [0.5, 0.6) is 0 Å². The summed E-state index contributed by atoms with van der Waals surface area (Å²) in [4.78, 5) is 11.1. The second-order valence-corrected chi connectivity index (χ2v) is 4.45.